The van der Waals surface area contributed by atoms with E-state index in [-0.39, 0.29) is 18.0 Å². The van der Waals surface area contributed by atoms with E-state index in [4.69, 9.17) is 11.6 Å². The second-order valence-electron chi connectivity index (χ2n) is 4.27. The molecular formula is C12H17ClN2O. The lowest BCUT2D eigenvalue weighted by molar-refractivity contribution is 0.0643. The average molecular weight is 241 g/mol. The fourth-order valence-electron chi connectivity index (χ4n) is 1.72. The molecule has 0 bridgehead atoms. The lowest BCUT2D eigenvalue weighted by atomic mass is 10.1. The molecule has 1 heterocycles. The van der Waals surface area contributed by atoms with E-state index in [0.29, 0.717) is 10.7 Å². The van der Waals surface area contributed by atoms with Crippen molar-refractivity contribution in [3.05, 3.63) is 29.0 Å². The number of nitrogens with zero attached hydrogens (tertiary/aromatic N) is 2. The highest BCUT2D eigenvalue weighted by Crippen LogP contribution is 2.13. The summed E-state index contributed by atoms with van der Waals surface area (Å²) in [5, 5.41) is 0.400. The quantitative estimate of drug-likeness (QED) is 0.761. The summed E-state index contributed by atoms with van der Waals surface area (Å²) in [4.78, 5) is 17.9. The Hall–Kier alpha value is -1.09. The molecule has 0 spiro atoms. The summed E-state index contributed by atoms with van der Waals surface area (Å²) in [6, 6.07) is 3.68. The molecule has 3 nitrogen and oxygen atoms in total. The first-order valence-electron chi connectivity index (χ1n) is 5.37. The molecule has 0 fully saturated rings. The van der Waals surface area contributed by atoms with E-state index in [1.54, 1.807) is 12.1 Å². The Morgan fingerprint density at radius 1 is 1.25 bits per heavy atom. The van der Waals surface area contributed by atoms with Crippen molar-refractivity contribution in [2.75, 3.05) is 0 Å². The lowest BCUT2D eigenvalue weighted by Crippen LogP contribution is -2.42. The Labute approximate surface area is 101 Å². The maximum absolute atomic E-state index is 12.2. The van der Waals surface area contributed by atoms with E-state index in [9.17, 15) is 4.79 Å². The molecule has 88 valence electrons. The minimum Gasteiger partial charge on any atom is -0.334 e. The van der Waals surface area contributed by atoms with E-state index >= 15 is 0 Å². The SMILES string of the molecule is CC(C)N(C(=O)c1ccc(Cl)nc1)C(C)C. The molecule has 0 aliphatic rings. The van der Waals surface area contributed by atoms with Gasteiger partial charge in [0.1, 0.15) is 5.15 Å². The summed E-state index contributed by atoms with van der Waals surface area (Å²) >= 11 is 5.68. The van der Waals surface area contributed by atoms with E-state index in [2.05, 4.69) is 4.98 Å². The minimum absolute atomic E-state index is 0.00540. The van der Waals surface area contributed by atoms with Crippen LogP contribution in [0.2, 0.25) is 5.15 Å². The summed E-state index contributed by atoms with van der Waals surface area (Å²) in [5.74, 6) is -0.00540. The van der Waals surface area contributed by atoms with Crippen LogP contribution < -0.4 is 0 Å². The van der Waals surface area contributed by atoms with Gasteiger partial charge in [-0.15, -0.1) is 0 Å². The van der Waals surface area contributed by atoms with Crippen LogP contribution in [0.5, 0.6) is 0 Å². The van der Waals surface area contributed by atoms with Gasteiger partial charge >= 0.3 is 0 Å². The fourth-order valence-corrected chi connectivity index (χ4v) is 1.83. The van der Waals surface area contributed by atoms with Crippen LogP contribution in [-0.4, -0.2) is 27.9 Å². The standard InChI is InChI=1S/C12H17ClN2O/c1-8(2)15(9(3)4)12(16)10-5-6-11(13)14-7-10/h5-9H,1-4H3. The van der Waals surface area contributed by atoms with Crippen LogP contribution >= 0.6 is 11.6 Å². The highest BCUT2D eigenvalue weighted by molar-refractivity contribution is 6.29. The van der Waals surface area contributed by atoms with Gasteiger partial charge in [0.15, 0.2) is 0 Å². The predicted molar refractivity (Wildman–Crippen MR) is 65.7 cm³/mol. The third kappa shape index (κ3) is 2.95. The van der Waals surface area contributed by atoms with Gasteiger partial charge in [-0.1, -0.05) is 11.6 Å². The molecule has 0 unspecified atom stereocenters. The minimum atomic E-state index is -0.00540. The number of hydrogen-bond acceptors (Lipinski definition) is 2. The first-order chi connectivity index (χ1) is 7.43. The van der Waals surface area contributed by atoms with Crippen LogP contribution in [0.3, 0.4) is 0 Å². The Balaban J connectivity index is 2.95. The predicted octanol–water partition coefficient (Wildman–Crippen LogP) is 2.99. The van der Waals surface area contributed by atoms with Gasteiger partial charge in [-0.05, 0) is 39.8 Å². The number of rotatable bonds is 3. The molecule has 0 radical (unpaired) electrons. The maximum atomic E-state index is 12.2. The zero-order valence-corrected chi connectivity index (χ0v) is 10.8. The summed E-state index contributed by atoms with van der Waals surface area (Å²) in [7, 11) is 0. The Bertz CT molecular complexity index is 352. The van der Waals surface area contributed by atoms with Gasteiger partial charge in [0, 0.05) is 18.3 Å². The average Bonchev–Trinajstić information content (AvgIpc) is 2.17. The molecule has 4 heteroatoms. The van der Waals surface area contributed by atoms with Crippen molar-refractivity contribution in [3.8, 4) is 0 Å². The highest BCUT2D eigenvalue weighted by atomic mass is 35.5. The van der Waals surface area contributed by atoms with Gasteiger partial charge in [-0.2, -0.15) is 0 Å². The Kier molecular flexibility index (Phi) is 4.30. The van der Waals surface area contributed by atoms with Gasteiger partial charge in [0.2, 0.25) is 0 Å². The third-order valence-electron chi connectivity index (χ3n) is 2.32. The summed E-state index contributed by atoms with van der Waals surface area (Å²) in [5.41, 5.74) is 0.576. The fraction of sp³-hybridized carbons (Fsp3) is 0.500. The highest BCUT2D eigenvalue weighted by Gasteiger charge is 2.21. The number of amides is 1. The molecule has 1 aromatic rings. The summed E-state index contributed by atoms with van der Waals surface area (Å²) in [6.07, 6.45) is 1.52. The lowest BCUT2D eigenvalue weighted by Gasteiger charge is -2.30. The molecule has 0 aliphatic carbocycles. The van der Waals surface area contributed by atoms with Crippen LogP contribution in [0.15, 0.2) is 18.3 Å². The number of halogens is 1. The third-order valence-corrected chi connectivity index (χ3v) is 2.55. The van der Waals surface area contributed by atoms with Gasteiger partial charge in [-0.3, -0.25) is 4.79 Å². The van der Waals surface area contributed by atoms with E-state index in [0.717, 1.165) is 0 Å². The van der Waals surface area contributed by atoms with Crippen molar-refractivity contribution in [1.82, 2.24) is 9.88 Å². The Morgan fingerprint density at radius 2 is 1.81 bits per heavy atom. The van der Waals surface area contributed by atoms with Gasteiger partial charge in [0.25, 0.3) is 5.91 Å². The molecule has 0 aliphatic heterocycles. The first kappa shape index (κ1) is 13.0. The number of carbonyl (C=O) groups excluding carboxylic acids is 1. The molecule has 0 atom stereocenters. The van der Waals surface area contributed by atoms with Crippen molar-refractivity contribution in [2.24, 2.45) is 0 Å². The zero-order valence-electron chi connectivity index (χ0n) is 10.1. The van der Waals surface area contributed by atoms with Crippen LogP contribution in [0.4, 0.5) is 0 Å². The van der Waals surface area contributed by atoms with Gasteiger partial charge in [-0.25, -0.2) is 4.98 Å². The Morgan fingerprint density at radius 3 is 2.19 bits per heavy atom. The number of hydrogen-bond donors (Lipinski definition) is 0. The largest absolute Gasteiger partial charge is 0.334 e. The van der Waals surface area contributed by atoms with Crippen molar-refractivity contribution in [1.29, 1.82) is 0 Å². The van der Waals surface area contributed by atoms with Gasteiger partial charge in [0.05, 0.1) is 5.56 Å². The number of pyridine rings is 1. The summed E-state index contributed by atoms with van der Waals surface area (Å²) in [6.45, 7) is 8.00. The summed E-state index contributed by atoms with van der Waals surface area (Å²) < 4.78 is 0. The smallest absolute Gasteiger partial charge is 0.255 e. The van der Waals surface area contributed by atoms with E-state index in [1.807, 2.05) is 32.6 Å². The topological polar surface area (TPSA) is 33.2 Å². The normalized spacial score (nSPS) is 10.9. The van der Waals surface area contributed by atoms with Gasteiger partial charge < -0.3 is 4.90 Å². The molecule has 1 amide bonds. The number of aromatic nitrogens is 1. The van der Waals surface area contributed by atoms with Crippen molar-refractivity contribution < 1.29 is 4.79 Å². The second kappa shape index (κ2) is 5.30. The molecule has 0 saturated heterocycles. The van der Waals surface area contributed by atoms with Crippen molar-refractivity contribution in [2.45, 2.75) is 39.8 Å². The van der Waals surface area contributed by atoms with E-state index < -0.39 is 0 Å². The van der Waals surface area contributed by atoms with Crippen molar-refractivity contribution in [3.63, 3.8) is 0 Å². The van der Waals surface area contributed by atoms with E-state index in [1.165, 1.54) is 6.20 Å². The molecule has 0 aromatic carbocycles. The molecule has 0 N–H and O–H groups in total. The maximum Gasteiger partial charge on any atom is 0.255 e. The van der Waals surface area contributed by atoms with Crippen LogP contribution in [-0.2, 0) is 0 Å². The molecule has 0 saturated carbocycles. The van der Waals surface area contributed by atoms with Crippen LogP contribution in [0.1, 0.15) is 38.1 Å². The first-order valence-corrected chi connectivity index (χ1v) is 5.75. The van der Waals surface area contributed by atoms with Crippen molar-refractivity contribution >= 4 is 17.5 Å². The monoisotopic (exact) mass is 240 g/mol. The second-order valence-corrected chi connectivity index (χ2v) is 4.66. The number of carbonyl (C=O) groups is 1. The molecule has 1 rings (SSSR count). The molecule has 1 aromatic heterocycles. The zero-order chi connectivity index (χ0) is 12.3. The van der Waals surface area contributed by atoms with Crippen LogP contribution in [0, 0.1) is 0 Å². The molecule has 16 heavy (non-hydrogen) atoms. The van der Waals surface area contributed by atoms with Crippen LogP contribution in [0.25, 0.3) is 0 Å². The molecular weight excluding hydrogens is 224 g/mol.